The van der Waals surface area contributed by atoms with Crippen LogP contribution < -0.4 is 10.1 Å². The Bertz CT molecular complexity index is 704. The van der Waals surface area contributed by atoms with Gasteiger partial charge in [0.2, 0.25) is 5.91 Å². The zero-order valence-corrected chi connectivity index (χ0v) is 15.8. The summed E-state index contributed by atoms with van der Waals surface area (Å²) >= 11 is 7.30. The number of carbonyl (C=O) groups is 1. The van der Waals surface area contributed by atoms with Crippen LogP contribution in [0.1, 0.15) is 25.0 Å². The van der Waals surface area contributed by atoms with Gasteiger partial charge in [0.25, 0.3) is 0 Å². The standard InChI is InChI=1S/C19H21ClFNO2S/c1-13(2)24-15-6-3-5-14(9-15)10-22-19(23)12-25-11-16-17(20)7-4-8-18(16)21/h3-9,13H,10-12H2,1-2H3,(H,22,23). The lowest BCUT2D eigenvalue weighted by atomic mass is 10.2. The van der Waals surface area contributed by atoms with Gasteiger partial charge in [-0.2, -0.15) is 0 Å². The smallest absolute Gasteiger partial charge is 0.230 e. The first kappa shape index (κ1) is 19.6. The summed E-state index contributed by atoms with van der Waals surface area (Å²) in [5.74, 6) is 0.934. The van der Waals surface area contributed by atoms with Crippen molar-refractivity contribution in [3.63, 3.8) is 0 Å². The molecular weight excluding hydrogens is 361 g/mol. The highest BCUT2D eigenvalue weighted by Crippen LogP contribution is 2.23. The van der Waals surface area contributed by atoms with Gasteiger partial charge in [-0.05, 0) is 43.7 Å². The summed E-state index contributed by atoms with van der Waals surface area (Å²) in [6.45, 7) is 4.36. The summed E-state index contributed by atoms with van der Waals surface area (Å²) in [6.07, 6.45) is 0.103. The summed E-state index contributed by atoms with van der Waals surface area (Å²) in [5.41, 5.74) is 1.40. The Morgan fingerprint density at radius 3 is 2.76 bits per heavy atom. The molecule has 1 N–H and O–H groups in total. The van der Waals surface area contributed by atoms with E-state index in [1.807, 2.05) is 38.1 Å². The number of hydrogen-bond donors (Lipinski definition) is 1. The van der Waals surface area contributed by atoms with Gasteiger partial charge in [0, 0.05) is 22.9 Å². The Balaban J connectivity index is 1.77. The number of hydrogen-bond acceptors (Lipinski definition) is 3. The van der Waals surface area contributed by atoms with Gasteiger partial charge < -0.3 is 10.1 Å². The topological polar surface area (TPSA) is 38.3 Å². The fourth-order valence-corrected chi connectivity index (χ4v) is 3.36. The molecule has 2 aromatic rings. The van der Waals surface area contributed by atoms with E-state index in [2.05, 4.69) is 5.32 Å². The number of thioether (sulfide) groups is 1. The first-order chi connectivity index (χ1) is 12.0. The molecule has 6 heteroatoms. The van der Waals surface area contributed by atoms with Gasteiger partial charge in [0.1, 0.15) is 11.6 Å². The molecule has 0 unspecified atom stereocenters. The van der Waals surface area contributed by atoms with E-state index < -0.39 is 0 Å². The van der Waals surface area contributed by atoms with E-state index in [1.54, 1.807) is 12.1 Å². The Labute approximate surface area is 156 Å². The highest BCUT2D eigenvalue weighted by molar-refractivity contribution is 7.99. The monoisotopic (exact) mass is 381 g/mol. The molecule has 0 aliphatic heterocycles. The number of nitrogens with one attached hydrogen (secondary N) is 1. The molecule has 0 aliphatic rings. The summed E-state index contributed by atoms with van der Waals surface area (Å²) < 4.78 is 19.3. The second-order valence-corrected chi connectivity index (χ2v) is 7.18. The van der Waals surface area contributed by atoms with E-state index in [0.717, 1.165) is 11.3 Å². The first-order valence-electron chi connectivity index (χ1n) is 7.98. The Morgan fingerprint density at radius 2 is 2.04 bits per heavy atom. The van der Waals surface area contributed by atoms with E-state index in [4.69, 9.17) is 16.3 Å². The third-order valence-corrected chi connectivity index (χ3v) is 4.61. The third-order valence-electron chi connectivity index (χ3n) is 3.30. The van der Waals surface area contributed by atoms with Crippen molar-refractivity contribution in [1.29, 1.82) is 0 Å². The number of rotatable bonds is 8. The minimum atomic E-state index is -0.345. The summed E-state index contributed by atoms with van der Waals surface area (Å²) in [6, 6.07) is 12.2. The number of amides is 1. The van der Waals surface area contributed by atoms with Gasteiger partial charge in [0.15, 0.2) is 0 Å². The van der Waals surface area contributed by atoms with Crippen LogP contribution in [0, 0.1) is 5.82 Å². The SMILES string of the molecule is CC(C)Oc1cccc(CNC(=O)CSCc2c(F)cccc2Cl)c1. The fraction of sp³-hybridized carbons (Fsp3) is 0.316. The van der Waals surface area contributed by atoms with Gasteiger partial charge in [-0.15, -0.1) is 11.8 Å². The van der Waals surface area contributed by atoms with Crippen molar-refractivity contribution in [3.8, 4) is 5.75 Å². The minimum Gasteiger partial charge on any atom is -0.491 e. The summed E-state index contributed by atoms with van der Waals surface area (Å²) in [5, 5.41) is 3.24. The maximum atomic E-state index is 13.7. The lowest BCUT2D eigenvalue weighted by Gasteiger charge is -2.11. The van der Waals surface area contributed by atoms with Gasteiger partial charge in [-0.25, -0.2) is 4.39 Å². The summed E-state index contributed by atoms with van der Waals surface area (Å²) in [4.78, 5) is 11.9. The maximum absolute atomic E-state index is 13.7. The lowest BCUT2D eigenvalue weighted by molar-refractivity contribution is -0.118. The van der Waals surface area contributed by atoms with Crippen molar-refractivity contribution in [1.82, 2.24) is 5.32 Å². The molecule has 3 nitrogen and oxygen atoms in total. The van der Waals surface area contributed by atoms with Crippen molar-refractivity contribution in [2.24, 2.45) is 0 Å². The largest absolute Gasteiger partial charge is 0.491 e. The van der Waals surface area contributed by atoms with Gasteiger partial charge in [0.05, 0.1) is 11.9 Å². The van der Waals surface area contributed by atoms with E-state index in [1.165, 1.54) is 17.8 Å². The Hall–Kier alpha value is -1.72. The second-order valence-electron chi connectivity index (χ2n) is 5.78. The average Bonchev–Trinajstić information content (AvgIpc) is 2.55. The molecule has 0 saturated heterocycles. The molecule has 0 saturated carbocycles. The molecule has 0 bridgehead atoms. The average molecular weight is 382 g/mol. The van der Waals surface area contributed by atoms with Crippen molar-refractivity contribution >= 4 is 29.3 Å². The minimum absolute atomic E-state index is 0.103. The number of ether oxygens (including phenoxy) is 1. The first-order valence-corrected chi connectivity index (χ1v) is 9.52. The predicted molar refractivity (Wildman–Crippen MR) is 102 cm³/mol. The van der Waals surface area contributed by atoms with E-state index in [-0.39, 0.29) is 23.6 Å². The normalized spacial score (nSPS) is 10.8. The van der Waals surface area contributed by atoms with Crippen LogP contribution in [0.2, 0.25) is 5.02 Å². The lowest BCUT2D eigenvalue weighted by Crippen LogP contribution is -2.24. The Morgan fingerprint density at radius 1 is 1.28 bits per heavy atom. The van der Waals surface area contributed by atoms with E-state index >= 15 is 0 Å². The van der Waals surface area contributed by atoms with Crippen molar-refractivity contribution in [3.05, 3.63) is 64.4 Å². The number of halogens is 2. The van der Waals surface area contributed by atoms with Crippen molar-refractivity contribution < 1.29 is 13.9 Å². The molecule has 0 spiro atoms. The van der Waals surface area contributed by atoms with Crippen LogP contribution in [-0.2, 0) is 17.1 Å². The van der Waals surface area contributed by atoms with Crippen LogP contribution >= 0.6 is 23.4 Å². The molecule has 0 radical (unpaired) electrons. The molecule has 2 aromatic carbocycles. The highest BCUT2D eigenvalue weighted by atomic mass is 35.5. The van der Waals surface area contributed by atoms with Crippen molar-refractivity contribution in [2.45, 2.75) is 32.2 Å². The van der Waals surface area contributed by atoms with Gasteiger partial charge in [-0.1, -0.05) is 29.8 Å². The van der Waals surface area contributed by atoms with Gasteiger partial charge in [-0.3, -0.25) is 4.79 Å². The quantitative estimate of drug-likeness (QED) is 0.712. The zero-order valence-electron chi connectivity index (χ0n) is 14.2. The fourth-order valence-electron chi connectivity index (χ4n) is 2.17. The highest BCUT2D eigenvalue weighted by Gasteiger charge is 2.09. The predicted octanol–water partition coefficient (Wildman–Crippen LogP) is 4.82. The molecule has 25 heavy (non-hydrogen) atoms. The number of carbonyl (C=O) groups excluding carboxylic acids is 1. The van der Waals surface area contributed by atoms with Crippen LogP contribution in [0.25, 0.3) is 0 Å². The third kappa shape index (κ3) is 6.59. The molecule has 2 rings (SSSR count). The molecule has 1 amide bonds. The van der Waals surface area contributed by atoms with E-state index in [0.29, 0.717) is 22.9 Å². The van der Waals surface area contributed by atoms with Crippen LogP contribution in [0.5, 0.6) is 5.75 Å². The molecule has 0 aliphatic carbocycles. The van der Waals surface area contributed by atoms with Crippen LogP contribution in [0.3, 0.4) is 0 Å². The van der Waals surface area contributed by atoms with E-state index in [9.17, 15) is 9.18 Å². The number of benzene rings is 2. The molecule has 0 aromatic heterocycles. The molecule has 134 valence electrons. The molecular formula is C19H21ClFNO2S. The molecule has 0 heterocycles. The second kappa shape index (κ2) is 9.68. The Kier molecular flexibility index (Phi) is 7.59. The maximum Gasteiger partial charge on any atom is 0.230 e. The summed E-state index contributed by atoms with van der Waals surface area (Å²) in [7, 11) is 0. The van der Waals surface area contributed by atoms with Crippen molar-refractivity contribution in [2.75, 3.05) is 5.75 Å². The molecule has 0 fully saturated rings. The van der Waals surface area contributed by atoms with Crippen LogP contribution in [-0.4, -0.2) is 17.8 Å². The van der Waals surface area contributed by atoms with Gasteiger partial charge >= 0.3 is 0 Å². The van der Waals surface area contributed by atoms with Crippen LogP contribution in [0.4, 0.5) is 4.39 Å². The van der Waals surface area contributed by atoms with Crippen LogP contribution in [0.15, 0.2) is 42.5 Å². The zero-order chi connectivity index (χ0) is 18.2. The molecule has 0 atom stereocenters.